The topological polar surface area (TPSA) is 49.4 Å². The fourth-order valence-electron chi connectivity index (χ4n) is 2.67. The minimum Gasteiger partial charge on any atom is -0.320 e. The van der Waals surface area contributed by atoms with Crippen molar-refractivity contribution in [2.24, 2.45) is 0 Å². The molecule has 0 bridgehead atoms. The zero-order chi connectivity index (χ0) is 15.7. The number of benzene rings is 2. The Hall–Kier alpha value is -2.33. The molecule has 2 aromatic carbocycles. The average Bonchev–Trinajstić information content (AvgIpc) is 2.93. The largest absolute Gasteiger partial charge is 0.320 e. The second-order valence-electron chi connectivity index (χ2n) is 5.19. The van der Waals surface area contributed by atoms with Gasteiger partial charge in [0.1, 0.15) is 0 Å². The molecule has 2 aromatic rings. The maximum absolute atomic E-state index is 12.3. The van der Waals surface area contributed by atoms with E-state index in [1.165, 1.54) is 6.92 Å². The number of carbonyl (C=O) groups is 2. The van der Waals surface area contributed by atoms with Gasteiger partial charge in [0.25, 0.3) is 5.91 Å². The molecule has 22 heavy (non-hydrogen) atoms. The summed E-state index contributed by atoms with van der Waals surface area (Å²) in [5, 5.41) is 3.47. The maximum Gasteiger partial charge on any atom is 0.255 e. The molecule has 0 aromatic heterocycles. The molecule has 0 aliphatic carbocycles. The van der Waals surface area contributed by atoms with Crippen LogP contribution in [0, 0.1) is 0 Å². The lowest BCUT2D eigenvalue weighted by Crippen LogP contribution is -2.27. The van der Waals surface area contributed by atoms with Crippen molar-refractivity contribution in [2.75, 3.05) is 16.8 Å². The van der Waals surface area contributed by atoms with Gasteiger partial charge in [0.15, 0.2) is 0 Å². The van der Waals surface area contributed by atoms with Crippen LogP contribution in [-0.2, 0) is 11.2 Å². The van der Waals surface area contributed by atoms with E-state index in [1.54, 1.807) is 29.2 Å². The van der Waals surface area contributed by atoms with E-state index in [2.05, 4.69) is 5.32 Å². The summed E-state index contributed by atoms with van der Waals surface area (Å²) < 4.78 is 0. The summed E-state index contributed by atoms with van der Waals surface area (Å²) in [6.07, 6.45) is 0.805. The quantitative estimate of drug-likeness (QED) is 0.922. The van der Waals surface area contributed by atoms with Gasteiger partial charge >= 0.3 is 0 Å². The highest BCUT2D eigenvalue weighted by atomic mass is 35.5. The Morgan fingerprint density at radius 2 is 1.86 bits per heavy atom. The predicted octanol–water partition coefficient (Wildman–Crippen LogP) is 3.50. The fraction of sp³-hybridized carbons (Fsp3) is 0.176. The van der Waals surface area contributed by atoms with Crippen molar-refractivity contribution in [2.45, 2.75) is 13.3 Å². The molecule has 0 spiro atoms. The van der Waals surface area contributed by atoms with Crippen molar-refractivity contribution in [3.63, 3.8) is 0 Å². The van der Waals surface area contributed by atoms with Crippen LogP contribution < -0.4 is 10.2 Å². The van der Waals surface area contributed by atoms with Gasteiger partial charge in [-0.15, -0.1) is 0 Å². The van der Waals surface area contributed by atoms with Crippen molar-refractivity contribution >= 4 is 34.8 Å². The average molecular weight is 315 g/mol. The van der Waals surface area contributed by atoms with E-state index in [9.17, 15) is 9.59 Å². The number of nitrogens with zero attached hydrogens (tertiary/aromatic N) is 1. The summed E-state index contributed by atoms with van der Waals surface area (Å²) in [7, 11) is 0. The number of para-hydroxylation sites is 1. The third kappa shape index (κ3) is 2.70. The highest BCUT2D eigenvalue weighted by molar-refractivity contribution is 6.30. The number of fused-ring (bicyclic) bond motifs is 1. The molecule has 112 valence electrons. The lowest BCUT2D eigenvalue weighted by molar-refractivity contribution is -0.116. The molecule has 2 amide bonds. The van der Waals surface area contributed by atoms with Gasteiger partial charge in [-0.3, -0.25) is 9.59 Å². The van der Waals surface area contributed by atoms with Crippen molar-refractivity contribution in [3.8, 4) is 0 Å². The first kappa shape index (κ1) is 14.6. The molecule has 0 unspecified atom stereocenters. The van der Waals surface area contributed by atoms with Crippen molar-refractivity contribution in [1.82, 2.24) is 0 Å². The first-order chi connectivity index (χ1) is 10.6. The Labute approximate surface area is 133 Å². The zero-order valence-corrected chi connectivity index (χ0v) is 12.9. The number of anilines is 2. The second-order valence-corrected chi connectivity index (χ2v) is 5.63. The molecule has 0 fully saturated rings. The van der Waals surface area contributed by atoms with E-state index in [0.717, 1.165) is 17.7 Å². The Kier molecular flexibility index (Phi) is 3.86. The van der Waals surface area contributed by atoms with Gasteiger partial charge in [-0.25, -0.2) is 0 Å². The molecule has 0 radical (unpaired) electrons. The summed E-state index contributed by atoms with van der Waals surface area (Å²) in [6, 6.07) is 12.4. The van der Waals surface area contributed by atoms with E-state index < -0.39 is 0 Å². The molecule has 3 rings (SSSR count). The molecule has 1 aliphatic heterocycles. The van der Waals surface area contributed by atoms with E-state index in [-0.39, 0.29) is 11.8 Å². The van der Waals surface area contributed by atoms with Crippen LogP contribution in [0.3, 0.4) is 0 Å². The summed E-state index contributed by atoms with van der Waals surface area (Å²) in [4.78, 5) is 25.8. The number of hydrogen-bond acceptors (Lipinski definition) is 2. The number of amides is 2. The predicted molar refractivity (Wildman–Crippen MR) is 87.6 cm³/mol. The van der Waals surface area contributed by atoms with Crippen molar-refractivity contribution in [3.05, 3.63) is 58.6 Å². The Morgan fingerprint density at radius 1 is 1.14 bits per heavy atom. The van der Waals surface area contributed by atoms with Crippen LogP contribution >= 0.6 is 11.6 Å². The summed E-state index contributed by atoms with van der Waals surface area (Å²) >= 11 is 5.83. The minimum absolute atomic E-state index is 0.0214. The van der Waals surface area contributed by atoms with E-state index in [4.69, 9.17) is 11.6 Å². The van der Waals surface area contributed by atoms with Gasteiger partial charge in [-0.2, -0.15) is 0 Å². The summed E-state index contributed by atoms with van der Waals surface area (Å²) in [6.45, 7) is 2.19. The number of carbonyl (C=O) groups excluding carboxylic acids is 2. The van der Waals surface area contributed by atoms with Crippen LogP contribution in [-0.4, -0.2) is 18.4 Å². The normalized spacial score (nSPS) is 12.9. The highest BCUT2D eigenvalue weighted by Gasteiger charge is 2.25. The molecular formula is C17H15ClN2O2. The molecule has 4 nitrogen and oxygen atoms in total. The van der Waals surface area contributed by atoms with Crippen molar-refractivity contribution in [1.29, 1.82) is 0 Å². The van der Waals surface area contributed by atoms with Gasteiger partial charge in [0, 0.05) is 24.1 Å². The molecule has 1 N–H and O–H groups in total. The van der Waals surface area contributed by atoms with Gasteiger partial charge in [-0.05, 0) is 42.3 Å². The van der Waals surface area contributed by atoms with Crippen LogP contribution in [0.5, 0.6) is 0 Å². The highest BCUT2D eigenvalue weighted by Crippen LogP contribution is 2.35. The SMILES string of the molecule is CC(=O)N1CCc2cccc(NC(=O)c3ccc(Cl)cc3)c21. The van der Waals surface area contributed by atoms with Crippen LogP contribution in [0.2, 0.25) is 5.02 Å². The molecule has 1 aliphatic rings. The van der Waals surface area contributed by atoms with Gasteiger partial charge < -0.3 is 10.2 Å². The van der Waals surface area contributed by atoms with Crippen LogP contribution in [0.15, 0.2) is 42.5 Å². The Bertz CT molecular complexity index is 741. The third-order valence-corrected chi connectivity index (χ3v) is 3.98. The van der Waals surface area contributed by atoms with E-state index in [0.29, 0.717) is 22.8 Å². The third-order valence-electron chi connectivity index (χ3n) is 3.73. The Morgan fingerprint density at radius 3 is 2.55 bits per heavy atom. The van der Waals surface area contributed by atoms with Gasteiger partial charge in [0.05, 0.1) is 11.4 Å². The number of rotatable bonds is 2. The van der Waals surface area contributed by atoms with Gasteiger partial charge in [0.2, 0.25) is 5.91 Å². The molecule has 1 heterocycles. The monoisotopic (exact) mass is 314 g/mol. The van der Waals surface area contributed by atoms with Crippen molar-refractivity contribution < 1.29 is 9.59 Å². The first-order valence-electron chi connectivity index (χ1n) is 7.03. The van der Waals surface area contributed by atoms with Gasteiger partial charge in [-0.1, -0.05) is 23.7 Å². The molecule has 5 heteroatoms. The number of nitrogens with one attached hydrogen (secondary N) is 1. The number of hydrogen-bond donors (Lipinski definition) is 1. The van der Waals surface area contributed by atoms with Crippen LogP contribution in [0.4, 0.5) is 11.4 Å². The zero-order valence-electron chi connectivity index (χ0n) is 12.1. The molecule has 0 saturated carbocycles. The molecule has 0 atom stereocenters. The summed E-state index contributed by atoms with van der Waals surface area (Å²) in [5.41, 5.74) is 3.06. The minimum atomic E-state index is -0.222. The smallest absolute Gasteiger partial charge is 0.255 e. The Balaban J connectivity index is 1.90. The lowest BCUT2D eigenvalue weighted by atomic mass is 10.1. The van der Waals surface area contributed by atoms with Crippen LogP contribution in [0.1, 0.15) is 22.8 Å². The standard InChI is InChI=1S/C17H15ClN2O2/c1-11(21)20-10-9-12-3-2-4-15(16(12)20)19-17(22)13-5-7-14(18)8-6-13/h2-8H,9-10H2,1H3,(H,19,22). The fourth-order valence-corrected chi connectivity index (χ4v) is 2.79. The van der Waals surface area contributed by atoms with E-state index in [1.807, 2.05) is 18.2 Å². The molecular weight excluding hydrogens is 300 g/mol. The number of halogens is 1. The second kappa shape index (κ2) is 5.81. The summed E-state index contributed by atoms with van der Waals surface area (Å²) in [5.74, 6) is -0.243. The van der Waals surface area contributed by atoms with E-state index >= 15 is 0 Å². The van der Waals surface area contributed by atoms with Crippen LogP contribution in [0.25, 0.3) is 0 Å². The lowest BCUT2D eigenvalue weighted by Gasteiger charge is -2.19. The molecule has 0 saturated heterocycles. The first-order valence-corrected chi connectivity index (χ1v) is 7.41. The maximum atomic E-state index is 12.3.